The second-order valence-electron chi connectivity index (χ2n) is 5.38. The van der Waals surface area contributed by atoms with Crippen LogP contribution in [-0.2, 0) is 6.42 Å². The van der Waals surface area contributed by atoms with E-state index in [1.54, 1.807) is 0 Å². The lowest BCUT2D eigenvalue weighted by Crippen LogP contribution is -2.41. The second kappa shape index (κ2) is 4.98. The van der Waals surface area contributed by atoms with Crippen molar-refractivity contribution in [3.63, 3.8) is 0 Å². The summed E-state index contributed by atoms with van der Waals surface area (Å²) in [4.78, 5) is 0. The minimum atomic E-state index is -0.223. The van der Waals surface area contributed by atoms with E-state index in [1.807, 2.05) is 13.8 Å². The number of aryl methyl sites for hydroxylation is 2. The van der Waals surface area contributed by atoms with Crippen molar-refractivity contribution in [1.82, 2.24) is 0 Å². The van der Waals surface area contributed by atoms with Crippen LogP contribution in [0.15, 0.2) is 18.2 Å². The summed E-state index contributed by atoms with van der Waals surface area (Å²) in [6, 6.07) is 6.42. The SMILES string of the molecule is Cc1ccc(CC(N)C(C)(C)CO)cc1C. The summed E-state index contributed by atoms with van der Waals surface area (Å²) in [5.74, 6) is 0. The fourth-order valence-corrected chi connectivity index (χ4v) is 1.58. The highest BCUT2D eigenvalue weighted by Crippen LogP contribution is 2.22. The molecule has 2 nitrogen and oxygen atoms in total. The van der Waals surface area contributed by atoms with Crippen molar-refractivity contribution in [1.29, 1.82) is 0 Å². The molecule has 0 fully saturated rings. The minimum absolute atomic E-state index is 0.0143. The van der Waals surface area contributed by atoms with Crippen LogP contribution in [0.3, 0.4) is 0 Å². The molecule has 0 aromatic heterocycles. The predicted molar refractivity (Wildman–Crippen MR) is 68.5 cm³/mol. The lowest BCUT2D eigenvalue weighted by molar-refractivity contribution is 0.132. The van der Waals surface area contributed by atoms with Gasteiger partial charge in [0.1, 0.15) is 0 Å². The number of hydrogen-bond donors (Lipinski definition) is 2. The molecule has 2 heteroatoms. The summed E-state index contributed by atoms with van der Waals surface area (Å²) in [6.07, 6.45) is 0.814. The Morgan fingerprint density at radius 1 is 1.25 bits per heavy atom. The molecule has 0 saturated heterocycles. The fourth-order valence-electron chi connectivity index (χ4n) is 1.58. The van der Waals surface area contributed by atoms with Crippen LogP contribution in [0.1, 0.15) is 30.5 Å². The van der Waals surface area contributed by atoms with Crippen molar-refractivity contribution in [2.45, 2.75) is 40.2 Å². The van der Waals surface area contributed by atoms with Crippen LogP contribution in [0.25, 0.3) is 0 Å². The van der Waals surface area contributed by atoms with Gasteiger partial charge in [0.05, 0.1) is 0 Å². The van der Waals surface area contributed by atoms with E-state index in [0.29, 0.717) is 0 Å². The highest BCUT2D eigenvalue weighted by molar-refractivity contribution is 5.30. The average molecular weight is 221 g/mol. The maximum atomic E-state index is 9.26. The Morgan fingerprint density at radius 3 is 2.38 bits per heavy atom. The van der Waals surface area contributed by atoms with Gasteiger partial charge in [-0.1, -0.05) is 32.0 Å². The quantitative estimate of drug-likeness (QED) is 0.818. The zero-order valence-corrected chi connectivity index (χ0v) is 10.7. The molecule has 0 aliphatic rings. The van der Waals surface area contributed by atoms with E-state index in [2.05, 4.69) is 32.0 Å². The van der Waals surface area contributed by atoms with Gasteiger partial charge in [0.15, 0.2) is 0 Å². The first-order valence-corrected chi connectivity index (χ1v) is 5.79. The van der Waals surface area contributed by atoms with Gasteiger partial charge in [-0.15, -0.1) is 0 Å². The Balaban J connectivity index is 2.77. The molecule has 0 heterocycles. The Bertz CT molecular complexity index is 358. The first-order chi connectivity index (χ1) is 7.36. The maximum absolute atomic E-state index is 9.26. The van der Waals surface area contributed by atoms with Crippen molar-refractivity contribution < 1.29 is 5.11 Å². The third-order valence-electron chi connectivity index (χ3n) is 3.44. The molecule has 0 radical (unpaired) electrons. The van der Waals surface area contributed by atoms with E-state index in [0.717, 1.165) is 6.42 Å². The molecule has 0 aliphatic carbocycles. The van der Waals surface area contributed by atoms with Gasteiger partial charge in [-0.05, 0) is 37.0 Å². The Morgan fingerprint density at radius 2 is 1.88 bits per heavy atom. The number of hydrogen-bond acceptors (Lipinski definition) is 2. The first-order valence-electron chi connectivity index (χ1n) is 5.79. The minimum Gasteiger partial charge on any atom is -0.396 e. The highest BCUT2D eigenvalue weighted by atomic mass is 16.3. The first kappa shape index (κ1) is 13.2. The molecule has 0 amide bonds. The van der Waals surface area contributed by atoms with E-state index < -0.39 is 0 Å². The van der Waals surface area contributed by atoms with E-state index in [1.165, 1.54) is 16.7 Å². The van der Waals surface area contributed by atoms with Crippen molar-refractivity contribution in [3.05, 3.63) is 34.9 Å². The van der Waals surface area contributed by atoms with Crippen LogP contribution in [0.5, 0.6) is 0 Å². The Labute approximate surface area is 98.5 Å². The topological polar surface area (TPSA) is 46.2 Å². The van der Waals surface area contributed by atoms with Gasteiger partial charge in [0, 0.05) is 18.1 Å². The van der Waals surface area contributed by atoms with Crippen LogP contribution in [0.2, 0.25) is 0 Å². The summed E-state index contributed by atoms with van der Waals surface area (Å²) in [5.41, 5.74) is 9.75. The zero-order valence-electron chi connectivity index (χ0n) is 10.7. The van der Waals surface area contributed by atoms with Crippen molar-refractivity contribution in [3.8, 4) is 0 Å². The van der Waals surface area contributed by atoms with Crippen molar-refractivity contribution in [2.24, 2.45) is 11.1 Å². The van der Waals surface area contributed by atoms with Crippen LogP contribution < -0.4 is 5.73 Å². The van der Waals surface area contributed by atoms with Crippen molar-refractivity contribution in [2.75, 3.05) is 6.61 Å². The van der Waals surface area contributed by atoms with Crippen LogP contribution in [0, 0.1) is 19.3 Å². The predicted octanol–water partition coefficient (Wildman–Crippen LogP) is 2.19. The van der Waals surface area contributed by atoms with E-state index in [4.69, 9.17) is 5.73 Å². The molecule has 3 N–H and O–H groups in total. The van der Waals surface area contributed by atoms with Gasteiger partial charge in [-0.3, -0.25) is 0 Å². The second-order valence-corrected chi connectivity index (χ2v) is 5.38. The summed E-state index contributed by atoms with van der Waals surface area (Å²) in [5, 5.41) is 9.26. The molecule has 90 valence electrons. The van der Waals surface area contributed by atoms with E-state index in [-0.39, 0.29) is 18.1 Å². The molecule has 1 atom stereocenters. The van der Waals surface area contributed by atoms with Gasteiger partial charge in [0.25, 0.3) is 0 Å². The van der Waals surface area contributed by atoms with E-state index in [9.17, 15) is 5.11 Å². The molecule has 0 saturated carbocycles. The summed E-state index contributed by atoms with van der Waals surface area (Å²) >= 11 is 0. The normalized spacial score (nSPS) is 13.9. The fraction of sp³-hybridized carbons (Fsp3) is 0.571. The Hall–Kier alpha value is -0.860. The monoisotopic (exact) mass is 221 g/mol. The summed E-state index contributed by atoms with van der Waals surface area (Å²) in [6.45, 7) is 8.34. The molecule has 0 aliphatic heterocycles. The molecule has 1 unspecified atom stereocenters. The highest BCUT2D eigenvalue weighted by Gasteiger charge is 2.25. The number of aliphatic hydroxyl groups excluding tert-OH is 1. The molecule has 16 heavy (non-hydrogen) atoms. The zero-order chi connectivity index (χ0) is 12.3. The maximum Gasteiger partial charge on any atom is 0.0497 e. The van der Waals surface area contributed by atoms with Gasteiger partial charge in [-0.2, -0.15) is 0 Å². The lowest BCUT2D eigenvalue weighted by Gasteiger charge is -2.29. The molecule has 1 aromatic rings. The molecule has 1 rings (SSSR count). The van der Waals surface area contributed by atoms with Gasteiger partial charge in [0.2, 0.25) is 0 Å². The molecule has 1 aromatic carbocycles. The smallest absolute Gasteiger partial charge is 0.0497 e. The van der Waals surface area contributed by atoms with Crippen molar-refractivity contribution >= 4 is 0 Å². The largest absolute Gasteiger partial charge is 0.396 e. The van der Waals surface area contributed by atoms with Crippen LogP contribution >= 0.6 is 0 Å². The summed E-state index contributed by atoms with van der Waals surface area (Å²) < 4.78 is 0. The number of nitrogens with two attached hydrogens (primary N) is 1. The molecular formula is C14H23NO. The third-order valence-corrected chi connectivity index (χ3v) is 3.44. The molecular weight excluding hydrogens is 198 g/mol. The summed E-state index contributed by atoms with van der Waals surface area (Å²) in [7, 11) is 0. The number of benzene rings is 1. The Kier molecular flexibility index (Phi) is 4.11. The van der Waals surface area contributed by atoms with E-state index >= 15 is 0 Å². The number of aliphatic hydroxyl groups is 1. The van der Waals surface area contributed by atoms with Gasteiger partial charge < -0.3 is 10.8 Å². The molecule has 0 bridgehead atoms. The van der Waals surface area contributed by atoms with Gasteiger partial charge >= 0.3 is 0 Å². The lowest BCUT2D eigenvalue weighted by atomic mass is 9.82. The standard InChI is InChI=1S/C14H23NO/c1-10-5-6-12(7-11(10)2)8-13(15)14(3,4)9-16/h5-7,13,16H,8-9,15H2,1-4H3. The van der Waals surface area contributed by atoms with Crippen LogP contribution in [0.4, 0.5) is 0 Å². The molecule has 0 spiro atoms. The number of rotatable bonds is 4. The van der Waals surface area contributed by atoms with Gasteiger partial charge in [-0.25, -0.2) is 0 Å². The average Bonchev–Trinajstić information content (AvgIpc) is 2.23. The van der Waals surface area contributed by atoms with Crippen LogP contribution in [-0.4, -0.2) is 17.8 Å². The third kappa shape index (κ3) is 3.06.